The van der Waals surface area contributed by atoms with E-state index in [0.29, 0.717) is 5.75 Å². The Labute approximate surface area is 166 Å². The third kappa shape index (κ3) is 3.73. The number of aromatic nitrogens is 4. The molecule has 0 aliphatic heterocycles. The first-order valence-electron chi connectivity index (χ1n) is 9.28. The van der Waals surface area contributed by atoms with Crippen molar-refractivity contribution in [2.75, 3.05) is 11.1 Å². The number of carbonyl (C=O) groups excluding carboxylic acids is 1. The van der Waals surface area contributed by atoms with Crippen LogP contribution in [0.4, 0.5) is 5.82 Å². The molecule has 0 spiro atoms. The smallest absolute Gasteiger partial charge is 0.235 e. The predicted molar refractivity (Wildman–Crippen MR) is 111 cm³/mol. The molecule has 4 rings (SSSR count). The maximum absolute atomic E-state index is 12.5. The molecule has 0 saturated heterocycles. The Kier molecular flexibility index (Phi) is 5.19. The summed E-state index contributed by atoms with van der Waals surface area (Å²) in [5.74, 6) is 1.77. The lowest BCUT2D eigenvalue weighted by Crippen LogP contribution is -2.18. The fourth-order valence-electron chi connectivity index (χ4n) is 3.47. The van der Waals surface area contributed by atoms with Crippen molar-refractivity contribution in [1.82, 2.24) is 19.7 Å². The van der Waals surface area contributed by atoms with E-state index in [1.54, 1.807) is 17.5 Å². The van der Waals surface area contributed by atoms with Crippen molar-refractivity contribution in [1.29, 1.82) is 0 Å². The van der Waals surface area contributed by atoms with Crippen molar-refractivity contribution < 1.29 is 4.79 Å². The molecule has 1 N–H and O–H groups in total. The Bertz CT molecular complexity index is 992. The van der Waals surface area contributed by atoms with Gasteiger partial charge in [-0.1, -0.05) is 11.8 Å². The molecule has 0 radical (unpaired) electrons. The summed E-state index contributed by atoms with van der Waals surface area (Å²) in [7, 11) is 0. The molecule has 8 heteroatoms. The number of thiophene rings is 1. The van der Waals surface area contributed by atoms with Crippen LogP contribution in [0.2, 0.25) is 0 Å². The number of rotatable bonds is 5. The average Bonchev–Trinajstić information content (AvgIpc) is 3.23. The molecule has 0 saturated carbocycles. The van der Waals surface area contributed by atoms with Crippen LogP contribution >= 0.6 is 23.1 Å². The summed E-state index contributed by atoms with van der Waals surface area (Å²) in [6.45, 7) is 6.00. The number of nitrogens with zero attached hydrogens (tertiary/aromatic N) is 4. The van der Waals surface area contributed by atoms with E-state index in [1.165, 1.54) is 40.4 Å². The minimum Gasteiger partial charge on any atom is -0.310 e. The van der Waals surface area contributed by atoms with Crippen LogP contribution in [0.1, 0.15) is 49.0 Å². The SMILES string of the molecule is Cc1nc(SCC(=O)Nc2ccnn2C(C)C)c2c3c(sc2n1)CCCC3. The van der Waals surface area contributed by atoms with E-state index in [4.69, 9.17) is 0 Å². The number of thioether (sulfide) groups is 1. The molecule has 0 fully saturated rings. The van der Waals surface area contributed by atoms with E-state index in [1.807, 2.05) is 31.5 Å². The summed E-state index contributed by atoms with van der Waals surface area (Å²) in [4.78, 5) is 24.3. The molecule has 0 atom stereocenters. The van der Waals surface area contributed by atoms with Crippen molar-refractivity contribution >= 4 is 45.0 Å². The predicted octanol–water partition coefficient (Wildman–Crippen LogP) is 4.39. The van der Waals surface area contributed by atoms with Crippen molar-refractivity contribution in [2.45, 2.75) is 57.5 Å². The van der Waals surface area contributed by atoms with Crippen molar-refractivity contribution in [3.63, 3.8) is 0 Å². The molecule has 1 amide bonds. The molecule has 142 valence electrons. The summed E-state index contributed by atoms with van der Waals surface area (Å²) in [5, 5.41) is 9.32. The highest BCUT2D eigenvalue weighted by atomic mass is 32.2. The summed E-state index contributed by atoms with van der Waals surface area (Å²) >= 11 is 3.29. The molecule has 0 bridgehead atoms. The topological polar surface area (TPSA) is 72.7 Å². The number of anilines is 1. The van der Waals surface area contributed by atoms with Crippen molar-refractivity contribution in [3.8, 4) is 0 Å². The van der Waals surface area contributed by atoms with Crippen molar-refractivity contribution in [3.05, 3.63) is 28.5 Å². The second-order valence-electron chi connectivity index (χ2n) is 7.06. The largest absolute Gasteiger partial charge is 0.310 e. The van der Waals surface area contributed by atoms with E-state index in [2.05, 4.69) is 20.4 Å². The van der Waals surface area contributed by atoms with Gasteiger partial charge in [0, 0.05) is 22.4 Å². The lowest BCUT2D eigenvalue weighted by molar-refractivity contribution is -0.113. The number of hydrogen-bond acceptors (Lipinski definition) is 6. The van der Waals surface area contributed by atoms with E-state index in [9.17, 15) is 4.79 Å². The molecule has 1 aliphatic rings. The normalized spacial score (nSPS) is 13.9. The van der Waals surface area contributed by atoms with Crippen molar-refractivity contribution in [2.24, 2.45) is 0 Å². The summed E-state index contributed by atoms with van der Waals surface area (Å²) in [5.41, 5.74) is 1.40. The van der Waals surface area contributed by atoms with E-state index < -0.39 is 0 Å². The van der Waals surface area contributed by atoms with Crippen LogP contribution in [0.25, 0.3) is 10.2 Å². The number of amides is 1. The van der Waals surface area contributed by atoms with Gasteiger partial charge in [-0.05, 0) is 52.0 Å². The zero-order valence-electron chi connectivity index (χ0n) is 15.8. The highest BCUT2D eigenvalue weighted by molar-refractivity contribution is 8.00. The van der Waals surface area contributed by atoms with Crippen LogP contribution < -0.4 is 5.32 Å². The van der Waals surface area contributed by atoms with Gasteiger partial charge in [-0.15, -0.1) is 11.3 Å². The number of fused-ring (bicyclic) bond motifs is 3. The van der Waals surface area contributed by atoms with Gasteiger partial charge in [0.25, 0.3) is 0 Å². The molecule has 0 unspecified atom stereocenters. The third-order valence-electron chi connectivity index (χ3n) is 4.66. The van der Waals surface area contributed by atoms with Gasteiger partial charge in [0.2, 0.25) is 5.91 Å². The Hall–Kier alpha value is -1.93. The van der Waals surface area contributed by atoms with Gasteiger partial charge in [0.05, 0.1) is 11.9 Å². The number of aryl methyl sites for hydroxylation is 3. The molecule has 3 aromatic rings. The summed E-state index contributed by atoms with van der Waals surface area (Å²) in [6.07, 6.45) is 6.41. The summed E-state index contributed by atoms with van der Waals surface area (Å²) in [6, 6.07) is 2.02. The maximum Gasteiger partial charge on any atom is 0.235 e. The Morgan fingerprint density at radius 2 is 2.15 bits per heavy atom. The fraction of sp³-hybridized carbons (Fsp3) is 0.474. The lowest BCUT2D eigenvalue weighted by atomic mass is 9.97. The molecular weight excluding hydrogens is 378 g/mol. The van der Waals surface area contributed by atoms with Gasteiger partial charge in [-0.3, -0.25) is 4.79 Å². The molecule has 0 aromatic carbocycles. The molecular formula is C19H23N5OS2. The molecule has 3 aromatic heterocycles. The maximum atomic E-state index is 12.5. The zero-order chi connectivity index (χ0) is 19.0. The Morgan fingerprint density at radius 3 is 2.96 bits per heavy atom. The number of carbonyl (C=O) groups is 1. The fourth-order valence-corrected chi connectivity index (χ4v) is 5.74. The van der Waals surface area contributed by atoms with E-state index in [0.717, 1.165) is 34.3 Å². The van der Waals surface area contributed by atoms with Crippen LogP contribution in [-0.2, 0) is 17.6 Å². The molecule has 3 heterocycles. The highest BCUT2D eigenvalue weighted by Crippen LogP contribution is 2.39. The van der Waals surface area contributed by atoms with Crippen LogP contribution in [0, 0.1) is 6.92 Å². The Morgan fingerprint density at radius 1 is 1.33 bits per heavy atom. The monoisotopic (exact) mass is 401 g/mol. The standard InChI is InChI=1S/C19H23N5OS2/c1-11(2)24-15(8-9-20-24)23-16(25)10-26-18-17-13-6-4-5-7-14(13)27-19(17)22-12(3)21-18/h8-9,11H,4-7,10H2,1-3H3,(H,23,25). The molecule has 6 nitrogen and oxygen atoms in total. The number of nitrogens with one attached hydrogen (secondary N) is 1. The summed E-state index contributed by atoms with van der Waals surface area (Å²) < 4.78 is 1.81. The first-order valence-corrected chi connectivity index (χ1v) is 11.1. The van der Waals surface area contributed by atoms with Crippen LogP contribution in [0.5, 0.6) is 0 Å². The van der Waals surface area contributed by atoms with Crippen LogP contribution in [-0.4, -0.2) is 31.4 Å². The van der Waals surface area contributed by atoms with E-state index >= 15 is 0 Å². The first kappa shape index (κ1) is 18.4. The van der Waals surface area contributed by atoms with Gasteiger partial charge < -0.3 is 5.32 Å². The van der Waals surface area contributed by atoms with Crippen LogP contribution in [0.3, 0.4) is 0 Å². The second kappa shape index (κ2) is 7.59. The van der Waals surface area contributed by atoms with Gasteiger partial charge in [-0.25, -0.2) is 14.6 Å². The third-order valence-corrected chi connectivity index (χ3v) is 6.82. The molecule has 27 heavy (non-hydrogen) atoms. The van der Waals surface area contributed by atoms with Gasteiger partial charge in [0.15, 0.2) is 0 Å². The second-order valence-corrected chi connectivity index (χ2v) is 9.11. The first-order chi connectivity index (χ1) is 13.0. The lowest BCUT2D eigenvalue weighted by Gasteiger charge is -2.13. The highest BCUT2D eigenvalue weighted by Gasteiger charge is 2.21. The Balaban J connectivity index is 1.54. The molecule has 1 aliphatic carbocycles. The quantitative estimate of drug-likeness (QED) is 0.507. The van der Waals surface area contributed by atoms with Gasteiger partial charge >= 0.3 is 0 Å². The minimum absolute atomic E-state index is 0.0455. The minimum atomic E-state index is -0.0455. The van der Waals surface area contributed by atoms with Gasteiger partial charge in [0.1, 0.15) is 21.5 Å². The van der Waals surface area contributed by atoms with Crippen LogP contribution in [0.15, 0.2) is 17.3 Å². The average molecular weight is 402 g/mol. The van der Waals surface area contributed by atoms with E-state index in [-0.39, 0.29) is 11.9 Å². The zero-order valence-corrected chi connectivity index (χ0v) is 17.4. The van der Waals surface area contributed by atoms with Gasteiger partial charge in [-0.2, -0.15) is 5.10 Å². The number of hydrogen-bond donors (Lipinski definition) is 1.